The lowest BCUT2D eigenvalue weighted by Crippen LogP contribution is -2.34. The molecule has 2 rings (SSSR count). The molecule has 0 atom stereocenters. The van der Waals surface area contributed by atoms with Gasteiger partial charge in [0.1, 0.15) is 11.9 Å². The summed E-state index contributed by atoms with van der Waals surface area (Å²) < 4.78 is 5.81. The van der Waals surface area contributed by atoms with E-state index in [2.05, 4.69) is 5.32 Å². The predicted octanol–water partition coefficient (Wildman–Crippen LogP) is 1.40. The molecular weight excluding hydrogens is 176 g/mol. The van der Waals surface area contributed by atoms with E-state index >= 15 is 0 Å². The third-order valence-electron chi connectivity index (χ3n) is 2.47. The third-order valence-corrected chi connectivity index (χ3v) is 2.47. The SMILES string of the molecule is Nc1ccc(OC2CCNCC2)cc1. The van der Waals surface area contributed by atoms with Crippen molar-refractivity contribution in [3.63, 3.8) is 0 Å². The molecule has 1 aliphatic rings. The van der Waals surface area contributed by atoms with Crippen molar-refractivity contribution in [1.29, 1.82) is 0 Å². The van der Waals surface area contributed by atoms with Gasteiger partial charge in [0.25, 0.3) is 0 Å². The minimum Gasteiger partial charge on any atom is -0.490 e. The van der Waals surface area contributed by atoms with Crippen LogP contribution in [-0.4, -0.2) is 19.2 Å². The summed E-state index contributed by atoms with van der Waals surface area (Å²) in [5.74, 6) is 0.922. The monoisotopic (exact) mass is 192 g/mol. The number of anilines is 1. The Balaban J connectivity index is 1.92. The van der Waals surface area contributed by atoms with Crippen molar-refractivity contribution in [3.05, 3.63) is 24.3 Å². The molecule has 1 aliphatic heterocycles. The third kappa shape index (κ3) is 2.39. The summed E-state index contributed by atoms with van der Waals surface area (Å²) in [4.78, 5) is 0. The minimum atomic E-state index is 0.361. The number of hydrogen-bond donors (Lipinski definition) is 2. The zero-order valence-corrected chi connectivity index (χ0v) is 8.20. The maximum Gasteiger partial charge on any atom is 0.119 e. The number of rotatable bonds is 2. The average molecular weight is 192 g/mol. The first kappa shape index (κ1) is 9.34. The minimum absolute atomic E-state index is 0.361. The molecule has 3 nitrogen and oxygen atoms in total. The standard InChI is InChI=1S/C11H16N2O/c12-9-1-3-10(4-2-9)14-11-5-7-13-8-6-11/h1-4,11,13H,5-8,12H2. The normalized spacial score (nSPS) is 18.0. The lowest BCUT2D eigenvalue weighted by Gasteiger charge is -2.23. The van der Waals surface area contributed by atoms with Crippen LogP contribution in [0.3, 0.4) is 0 Å². The van der Waals surface area contributed by atoms with Crippen LogP contribution in [0.1, 0.15) is 12.8 Å². The van der Waals surface area contributed by atoms with E-state index in [0.717, 1.165) is 37.4 Å². The van der Waals surface area contributed by atoms with E-state index < -0.39 is 0 Å². The molecule has 0 saturated carbocycles. The van der Waals surface area contributed by atoms with Gasteiger partial charge in [-0.25, -0.2) is 0 Å². The summed E-state index contributed by atoms with van der Waals surface area (Å²) in [6.45, 7) is 2.11. The first-order valence-electron chi connectivity index (χ1n) is 5.07. The molecule has 0 aromatic heterocycles. The first-order chi connectivity index (χ1) is 6.84. The Bertz CT molecular complexity index is 278. The van der Waals surface area contributed by atoms with Crippen molar-refractivity contribution < 1.29 is 4.74 Å². The molecule has 3 N–H and O–H groups in total. The highest BCUT2D eigenvalue weighted by molar-refractivity contribution is 5.41. The van der Waals surface area contributed by atoms with Crippen molar-refractivity contribution in [2.24, 2.45) is 0 Å². The van der Waals surface area contributed by atoms with Crippen LogP contribution < -0.4 is 15.8 Å². The van der Waals surface area contributed by atoms with Crippen LogP contribution in [0, 0.1) is 0 Å². The second-order valence-electron chi connectivity index (χ2n) is 3.64. The summed E-state index contributed by atoms with van der Waals surface area (Å²) in [6.07, 6.45) is 2.54. The van der Waals surface area contributed by atoms with Crippen molar-refractivity contribution in [2.45, 2.75) is 18.9 Å². The van der Waals surface area contributed by atoms with Gasteiger partial charge in [0.2, 0.25) is 0 Å². The van der Waals surface area contributed by atoms with E-state index in [4.69, 9.17) is 10.5 Å². The highest BCUT2D eigenvalue weighted by atomic mass is 16.5. The van der Waals surface area contributed by atoms with Crippen molar-refractivity contribution in [3.8, 4) is 5.75 Å². The van der Waals surface area contributed by atoms with E-state index in [1.807, 2.05) is 24.3 Å². The van der Waals surface area contributed by atoms with Gasteiger partial charge in [-0.05, 0) is 50.2 Å². The van der Waals surface area contributed by atoms with Crippen LogP contribution in [0.2, 0.25) is 0 Å². The molecule has 0 unspecified atom stereocenters. The van der Waals surface area contributed by atoms with Crippen LogP contribution in [-0.2, 0) is 0 Å². The van der Waals surface area contributed by atoms with Gasteiger partial charge in [0.15, 0.2) is 0 Å². The quantitative estimate of drug-likeness (QED) is 0.696. The highest BCUT2D eigenvalue weighted by Crippen LogP contribution is 2.17. The molecule has 0 amide bonds. The van der Waals surface area contributed by atoms with E-state index in [9.17, 15) is 0 Å². The lowest BCUT2D eigenvalue weighted by molar-refractivity contribution is 0.162. The number of piperidine rings is 1. The Morgan fingerprint density at radius 2 is 1.79 bits per heavy atom. The molecule has 3 heteroatoms. The molecule has 1 aromatic carbocycles. The summed E-state index contributed by atoms with van der Waals surface area (Å²) in [7, 11) is 0. The Labute approximate surface area is 84.3 Å². The Hall–Kier alpha value is -1.22. The van der Waals surface area contributed by atoms with Crippen molar-refractivity contribution in [1.82, 2.24) is 5.32 Å². The predicted molar refractivity (Wildman–Crippen MR) is 57.4 cm³/mol. The molecule has 0 aliphatic carbocycles. The number of ether oxygens (including phenoxy) is 1. The fraction of sp³-hybridized carbons (Fsp3) is 0.455. The number of hydrogen-bond acceptors (Lipinski definition) is 3. The maximum absolute atomic E-state index is 5.81. The average Bonchev–Trinajstić information content (AvgIpc) is 2.23. The van der Waals surface area contributed by atoms with E-state index in [-0.39, 0.29) is 0 Å². The zero-order valence-electron chi connectivity index (χ0n) is 8.20. The fourth-order valence-electron chi connectivity index (χ4n) is 1.65. The first-order valence-corrected chi connectivity index (χ1v) is 5.07. The van der Waals surface area contributed by atoms with Crippen LogP contribution in [0.15, 0.2) is 24.3 Å². The molecule has 1 aromatic rings. The summed E-state index contributed by atoms with van der Waals surface area (Å²) in [6, 6.07) is 7.60. The summed E-state index contributed by atoms with van der Waals surface area (Å²) in [5.41, 5.74) is 6.37. The summed E-state index contributed by atoms with van der Waals surface area (Å²) in [5, 5.41) is 3.31. The Kier molecular flexibility index (Phi) is 2.89. The maximum atomic E-state index is 5.81. The van der Waals surface area contributed by atoms with Gasteiger partial charge in [0, 0.05) is 5.69 Å². The van der Waals surface area contributed by atoms with Crippen LogP contribution in [0.5, 0.6) is 5.75 Å². The Morgan fingerprint density at radius 1 is 1.14 bits per heavy atom. The number of nitrogens with one attached hydrogen (secondary N) is 1. The smallest absolute Gasteiger partial charge is 0.119 e. The van der Waals surface area contributed by atoms with E-state index in [1.165, 1.54) is 0 Å². The second kappa shape index (κ2) is 4.33. The van der Waals surface area contributed by atoms with Crippen molar-refractivity contribution >= 4 is 5.69 Å². The number of benzene rings is 1. The molecule has 0 spiro atoms. The van der Waals surface area contributed by atoms with Crippen molar-refractivity contribution in [2.75, 3.05) is 18.8 Å². The van der Waals surface area contributed by atoms with Gasteiger partial charge in [-0.3, -0.25) is 0 Å². The molecule has 1 fully saturated rings. The molecule has 0 radical (unpaired) electrons. The topological polar surface area (TPSA) is 47.3 Å². The van der Waals surface area contributed by atoms with E-state index in [0.29, 0.717) is 6.10 Å². The number of nitrogens with two attached hydrogens (primary N) is 1. The second-order valence-corrected chi connectivity index (χ2v) is 3.64. The van der Waals surface area contributed by atoms with Gasteiger partial charge in [0.05, 0.1) is 0 Å². The Morgan fingerprint density at radius 3 is 2.43 bits per heavy atom. The zero-order chi connectivity index (χ0) is 9.80. The lowest BCUT2D eigenvalue weighted by atomic mass is 10.1. The highest BCUT2D eigenvalue weighted by Gasteiger charge is 2.13. The molecule has 14 heavy (non-hydrogen) atoms. The van der Waals surface area contributed by atoms with Crippen LogP contribution in [0.4, 0.5) is 5.69 Å². The van der Waals surface area contributed by atoms with Gasteiger partial charge in [-0.15, -0.1) is 0 Å². The number of nitrogen functional groups attached to an aromatic ring is 1. The molecular formula is C11H16N2O. The molecule has 76 valence electrons. The fourth-order valence-corrected chi connectivity index (χ4v) is 1.65. The van der Waals surface area contributed by atoms with Gasteiger partial charge in [-0.1, -0.05) is 0 Å². The molecule has 0 bridgehead atoms. The van der Waals surface area contributed by atoms with E-state index in [1.54, 1.807) is 0 Å². The molecule has 1 saturated heterocycles. The van der Waals surface area contributed by atoms with Crippen LogP contribution >= 0.6 is 0 Å². The summed E-state index contributed by atoms with van der Waals surface area (Å²) >= 11 is 0. The molecule has 1 heterocycles. The van der Waals surface area contributed by atoms with Crippen LogP contribution in [0.25, 0.3) is 0 Å². The van der Waals surface area contributed by atoms with Gasteiger partial charge >= 0.3 is 0 Å². The van der Waals surface area contributed by atoms with Gasteiger partial charge < -0.3 is 15.8 Å². The van der Waals surface area contributed by atoms with Gasteiger partial charge in [-0.2, -0.15) is 0 Å². The largest absolute Gasteiger partial charge is 0.490 e.